The third kappa shape index (κ3) is 2.21. The zero-order valence-electron chi connectivity index (χ0n) is 8.96. The predicted octanol–water partition coefficient (Wildman–Crippen LogP) is 0.539. The quantitative estimate of drug-likeness (QED) is 0.785. The first-order valence-corrected chi connectivity index (χ1v) is 5.05. The highest BCUT2D eigenvalue weighted by molar-refractivity contribution is 5.74. The molecule has 6 nitrogen and oxygen atoms in total. The first-order valence-electron chi connectivity index (χ1n) is 5.05. The smallest absolute Gasteiger partial charge is 0.323 e. The van der Waals surface area contributed by atoms with Crippen molar-refractivity contribution in [3.63, 3.8) is 0 Å². The zero-order chi connectivity index (χ0) is 11.5. The van der Waals surface area contributed by atoms with Crippen molar-refractivity contribution in [1.82, 2.24) is 9.97 Å². The van der Waals surface area contributed by atoms with Crippen LogP contribution in [-0.4, -0.2) is 40.7 Å². The molecular weight excluding hydrogens is 210 g/mol. The molecule has 0 atom stereocenters. The summed E-state index contributed by atoms with van der Waals surface area (Å²) in [5.74, 6) is 0.200. The Hall–Kier alpha value is -1.85. The zero-order valence-corrected chi connectivity index (χ0v) is 8.96. The van der Waals surface area contributed by atoms with Gasteiger partial charge in [-0.15, -0.1) is 0 Å². The van der Waals surface area contributed by atoms with Crippen molar-refractivity contribution < 1.29 is 14.6 Å². The van der Waals surface area contributed by atoms with Crippen LogP contribution >= 0.6 is 0 Å². The van der Waals surface area contributed by atoms with Crippen molar-refractivity contribution in [3.05, 3.63) is 12.5 Å². The summed E-state index contributed by atoms with van der Waals surface area (Å²) in [5, 5.41) is 8.86. The molecule has 86 valence electrons. The minimum Gasteiger partial charge on any atom is -0.491 e. The third-order valence-corrected chi connectivity index (χ3v) is 2.44. The lowest BCUT2D eigenvalue weighted by Crippen LogP contribution is -2.32. The second kappa shape index (κ2) is 4.34. The number of carbonyl (C=O) groups is 1. The van der Waals surface area contributed by atoms with Crippen LogP contribution in [0.3, 0.4) is 0 Å². The fourth-order valence-electron chi connectivity index (χ4n) is 1.58. The van der Waals surface area contributed by atoms with E-state index in [1.54, 1.807) is 11.1 Å². The van der Waals surface area contributed by atoms with Crippen LogP contribution in [0.15, 0.2) is 12.5 Å². The van der Waals surface area contributed by atoms with Crippen molar-refractivity contribution in [3.8, 4) is 5.75 Å². The number of hydrogen-bond acceptors (Lipinski definition) is 5. The highest BCUT2D eigenvalue weighted by atomic mass is 16.5. The van der Waals surface area contributed by atoms with E-state index in [4.69, 9.17) is 9.84 Å². The van der Waals surface area contributed by atoms with Gasteiger partial charge in [-0.2, -0.15) is 0 Å². The van der Waals surface area contributed by atoms with E-state index in [0.717, 1.165) is 12.8 Å². The molecule has 0 spiro atoms. The number of anilines is 1. The molecule has 1 N–H and O–H groups in total. The molecule has 6 heteroatoms. The first-order chi connectivity index (χ1) is 7.72. The van der Waals surface area contributed by atoms with Gasteiger partial charge in [0, 0.05) is 6.04 Å². The molecule has 1 aromatic heterocycles. The molecule has 0 bridgehead atoms. The molecule has 1 saturated carbocycles. The maximum Gasteiger partial charge on any atom is 0.323 e. The molecule has 0 saturated heterocycles. The van der Waals surface area contributed by atoms with Crippen molar-refractivity contribution in [2.75, 3.05) is 18.6 Å². The molecule has 0 radical (unpaired) electrons. The number of ether oxygens (including phenoxy) is 1. The number of aliphatic carboxylic acids is 1. The van der Waals surface area contributed by atoms with Crippen LogP contribution in [0, 0.1) is 0 Å². The van der Waals surface area contributed by atoms with Crippen LogP contribution < -0.4 is 9.64 Å². The third-order valence-electron chi connectivity index (χ3n) is 2.44. The molecule has 0 amide bonds. The van der Waals surface area contributed by atoms with Gasteiger partial charge in [0.2, 0.25) is 0 Å². The molecule has 1 fully saturated rings. The number of carboxylic acid groups (broad SMARTS) is 1. The lowest BCUT2D eigenvalue weighted by atomic mass is 10.4. The van der Waals surface area contributed by atoms with E-state index in [0.29, 0.717) is 11.6 Å². The van der Waals surface area contributed by atoms with Crippen molar-refractivity contribution in [2.24, 2.45) is 0 Å². The largest absolute Gasteiger partial charge is 0.491 e. The lowest BCUT2D eigenvalue weighted by molar-refractivity contribution is -0.135. The van der Waals surface area contributed by atoms with Gasteiger partial charge in [0.05, 0.1) is 13.3 Å². The minimum absolute atomic E-state index is 0.0575. The van der Waals surface area contributed by atoms with Gasteiger partial charge in [0.15, 0.2) is 11.6 Å². The average molecular weight is 223 g/mol. The summed E-state index contributed by atoms with van der Waals surface area (Å²) in [6.45, 7) is -0.0575. The molecule has 0 aliphatic heterocycles. The molecule has 0 aromatic carbocycles. The Bertz CT molecular complexity index is 393. The number of methoxy groups -OCH3 is 1. The van der Waals surface area contributed by atoms with E-state index in [2.05, 4.69) is 9.97 Å². The Morgan fingerprint density at radius 2 is 2.44 bits per heavy atom. The maximum atomic E-state index is 10.8. The molecule has 2 rings (SSSR count). The summed E-state index contributed by atoms with van der Waals surface area (Å²) in [6, 6.07) is 0.264. The van der Waals surface area contributed by atoms with Crippen LogP contribution in [0.1, 0.15) is 12.8 Å². The molecule has 0 unspecified atom stereocenters. The van der Waals surface area contributed by atoms with Crippen LogP contribution in [0.4, 0.5) is 5.82 Å². The average Bonchev–Trinajstić information content (AvgIpc) is 3.09. The number of nitrogens with zero attached hydrogens (tertiary/aromatic N) is 3. The second-order valence-corrected chi connectivity index (χ2v) is 3.67. The van der Waals surface area contributed by atoms with E-state index in [-0.39, 0.29) is 12.6 Å². The summed E-state index contributed by atoms with van der Waals surface area (Å²) < 4.78 is 5.13. The van der Waals surface area contributed by atoms with E-state index in [9.17, 15) is 4.79 Å². The molecule has 1 aromatic rings. The van der Waals surface area contributed by atoms with Gasteiger partial charge in [-0.3, -0.25) is 4.79 Å². The van der Waals surface area contributed by atoms with E-state index in [1.807, 2.05) is 0 Å². The monoisotopic (exact) mass is 223 g/mol. The van der Waals surface area contributed by atoms with Crippen LogP contribution in [0.2, 0.25) is 0 Å². The summed E-state index contributed by atoms with van der Waals surface area (Å²) in [4.78, 5) is 20.5. The Morgan fingerprint density at radius 1 is 1.69 bits per heavy atom. The fourth-order valence-corrected chi connectivity index (χ4v) is 1.58. The molecule has 16 heavy (non-hydrogen) atoms. The van der Waals surface area contributed by atoms with E-state index in [1.165, 1.54) is 13.4 Å². The number of aromatic nitrogens is 2. The number of carboxylic acids is 1. The van der Waals surface area contributed by atoms with Gasteiger partial charge in [-0.25, -0.2) is 9.97 Å². The standard InChI is InChI=1S/C10H13N3O3/c1-16-8-4-11-6-12-10(8)13(5-9(14)15)7-2-3-7/h4,6-7H,2-3,5H2,1H3,(H,14,15). The maximum absolute atomic E-state index is 10.8. The van der Waals surface area contributed by atoms with Gasteiger partial charge in [0.1, 0.15) is 12.9 Å². The van der Waals surface area contributed by atoms with Gasteiger partial charge in [-0.1, -0.05) is 0 Å². The summed E-state index contributed by atoms with van der Waals surface area (Å²) in [7, 11) is 1.52. The van der Waals surface area contributed by atoms with Crippen LogP contribution in [0.5, 0.6) is 5.75 Å². The number of rotatable bonds is 5. The lowest BCUT2D eigenvalue weighted by Gasteiger charge is -2.22. The molecule has 1 aliphatic rings. The SMILES string of the molecule is COc1cncnc1N(CC(=O)O)C1CC1. The van der Waals surface area contributed by atoms with E-state index >= 15 is 0 Å². The van der Waals surface area contributed by atoms with Crippen LogP contribution in [-0.2, 0) is 4.79 Å². The summed E-state index contributed by atoms with van der Waals surface area (Å²) in [5.41, 5.74) is 0. The fraction of sp³-hybridized carbons (Fsp3) is 0.500. The summed E-state index contributed by atoms with van der Waals surface area (Å²) >= 11 is 0. The van der Waals surface area contributed by atoms with Crippen molar-refractivity contribution in [2.45, 2.75) is 18.9 Å². The Labute approximate surface area is 92.9 Å². The second-order valence-electron chi connectivity index (χ2n) is 3.67. The predicted molar refractivity (Wildman–Crippen MR) is 56.6 cm³/mol. The summed E-state index contributed by atoms with van der Waals surface area (Å²) in [6.07, 6.45) is 4.94. The van der Waals surface area contributed by atoms with Crippen molar-refractivity contribution in [1.29, 1.82) is 0 Å². The van der Waals surface area contributed by atoms with Gasteiger partial charge in [-0.05, 0) is 12.8 Å². The highest BCUT2D eigenvalue weighted by Crippen LogP contribution is 2.34. The Kier molecular flexibility index (Phi) is 2.89. The van der Waals surface area contributed by atoms with Gasteiger partial charge in [0.25, 0.3) is 0 Å². The van der Waals surface area contributed by atoms with E-state index < -0.39 is 5.97 Å². The van der Waals surface area contributed by atoms with Gasteiger partial charge >= 0.3 is 5.97 Å². The highest BCUT2D eigenvalue weighted by Gasteiger charge is 2.33. The Balaban J connectivity index is 2.26. The molecular formula is C10H13N3O3. The number of hydrogen-bond donors (Lipinski definition) is 1. The first kappa shape index (κ1) is 10.7. The Morgan fingerprint density at radius 3 is 3.00 bits per heavy atom. The molecule has 1 heterocycles. The topological polar surface area (TPSA) is 75.6 Å². The van der Waals surface area contributed by atoms with Crippen molar-refractivity contribution >= 4 is 11.8 Å². The normalized spacial score (nSPS) is 14.6. The molecule has 1 aliphatic carbocycles. The van der Waals surface area contributed by atoms with Gasteiger partial charge < -0.3 is 14.7 Å². The van der Waals surface area contributed by atoms with Crippen LogP contribution in [0.25, 0.3) is 0 Å². The minimum atomic E-state index is -0.868.